The molecule has 0 amide bonds. The minimum atomic E-state index is -0.260. The second kappa shape index (κ2) is 8.14. The predicted octanol–water partition coefficient (Wildman–Crippen LogP) is 2.25. The Morgan fingerprint density at radius 1 is 1.18 bits per heavy atom. The van der Waals surface area contributed by atoms with Gasteiger partial charge >= 0.3 is 0 Å². The smallest absolute Gasteiger partial charge is 0.278 e. The molecule has 168 valence electrons. The summed E-state index contributed by atoms with van der Waals surface area (Å²) in [5, 5.41) is 11.4. The lowest BCUT2D eigenvalue weighted by atomic mass is 10.1. The summed E-state index contributed by atoms with van der Waals surface area (Å²) in [5.41, 5.74) is 3.29. The van der Waals surface area contributed by atoms with Crippen LogP contribution in [0.3, 0.4) is 0 Å². The number of rotatable bonds is 6. The van der Waals surface area contributed by atoms with Crippen LogP contribution in [-0.2, 0) is 19.6 Å². The third-order valence-corrected chi connectivity index (χ3v) is 5.59. The molecule has 1 aliphatic heterocycles. The van der Waals surface area contributed by atoms with Crippen molar-refractivity contribution >= 4 is 22.7 Å². The van der Waals surface area contributed by atoms with Gasteiger partial charge in [0.1, 0.15) is 5.39 Å². The van der Waals surface area contributed by atoms with Crippen molar-refractivity contribution in [2.75, 3.05) is 5.32 Å². The maximum Gasteiger partial charge on any atom is 0.278 e. The third kappa shape index (κ3) is 3.64. The van der Waals surface area contributed by atoms with Crippen molar-refractivity contribution < 1.29 is 0 Å². The SMILES string of the molecule is C=CCn1c(=O)c2cnc(Nc3ccc4c(c3)CNC4)nc2n1-c1ccc(=O)n(C(C)C)n1. The van der Waals surface area contributed by atoms with E-state index in [1.54, 1.807) is 16.8 Å². The molecule has 0 bridgehead atoms. The van der Waals surface area contributed by atoms with E-state index in [0.29, 0.717) is 22.8 Å². The maximum atomic E-state index is 13.1. The Kier molecular flexibility index (Phi) is 5.14. The highest BCUT2D eigenvalue weighted by molar-refractivity contribution is 5.77. The van der Waals surface area contributed by atoms with Crippen LogP contribution in [0.4, 0.5) is 11.6 Å². The summed E-state index contributed by atoms with van der Waals surface area (Å²) < 4.78 is 4.47. The zero-order valence-electron chi connectivity index (χ0n) is 18.4. The average molecular weight is 444 g/mol. The van der Waals surface area contributed by atoms with E-state index in [9.17, 15) is 9.59 Å². The first kappa shape index (κ1) is 20.8. The number of nitrogens with one attached hydrogen (secondary N) is 2. The van der Waals surface area contributed by atoms with E-state index in [4.69, 9.17) is 0 Å². The maximum absolute atomic E-state index is 13.1. The summed E-state index contributed by atoms with van der Waals surface area (Å²) in [6, 6.07) is 9.01. The number of allylic oxidation sites excluding steroid dienone is 1. The van der Waals surface area contributed by atoms with Gasteiger partial charge in [-0.25, -0.2) is 19.0 Å². The molecule has 0 saturated heterocycles. The molecule has 1 aromatic carbocycles. The fraction of sp³-hybridized carbons (Fsp3) is 0.261. The van der Waals surface area contributed by atoms with E-state index < -0.39 is 0 Å². The molecule has 0 atom stereocenters. The molecular formula is C23H24N8O2. The van der Waals surface area contributed by atoms with Crippen LogP contribution >= 0.6 is 0 Å². The summed E-state index contributed by atoms with van der Waals surface area (Å²) in [6.45, 7) is 9.45. The lowest BCUT2D eigenvalue weighted by Crippen LogP contribution is -2.28. The van der Waals surface area contributed by atoms with Gasteiger partial charge in [0.2, 0.25) is 5.95 Å². The molecule has 0 unspecified atom stereocenters. The standard InChI is InChI=1S/C23H24N8O2/c1-4-9-29-22(33)18-13-25-23(26-17-6-5-15-11-24-12-16(15)10-17)27-21(18)31(29)19-7-8-20(32)30(28-19)14(2)3/h4-8,10,13-14,24H,1,9,11-12H2,2-3H3,(H,25,26,27). The van der Waals surface area contributed by atoms with Gasteiger partial charge in [0.25, 0.3) is 11.1 Å². The number of anilines is 2. The lowest BCUT2D eigenvalue weighted by Gasteiger charge is -2.13. The molecule has 5 rings (SSSR count). The Bertz CT molecular complexity index is 1490. The number of fused-ring (bicyclic) bond motifs is 2. The molecule has 4 heterocycles. The molecule has 10 nitrogen and oxygen atoms in total. The van der Waals surface area contributed by atoms with Crippen LogP contribution in [0.15, 0.2) is 58.8 Å². The minimum Gasteiger partial charge on any atom is -0.324 e. The summed E-state index contributed by atoms with van der Waals surface area (Å²) >= 11 is 0. The van der Waals surface area contributed by atoms with Gasteiger partial charge in [0.15, 0.2) is 11.5 Å². The first-order valence-corrected chi connectivity index (χ1v) is 10.8. The monoisotopic (exact) mass is 444 g/mol. The molecule has 4 aromatic rings. The number of aromatic nitrogens is 6. The fourth-order valence-electron chi connectivity index (χ4n) is 4.01. The fourth-order valence-corrected chi connectivity index (χ4v) is 4.01. The van der Waals surface area contributed by atoms with Gasteiger partial charge in [-0.3, -0.25) is 9.59 Å². The number of hydrogen-bond acceptors (Lipinski definition) is 7. The Balaban J connectivity index is 1.65. The second-order valence-electron chi connectivity index (χ2n) is 8.20. The van der Waals surface area contributed by atoms with E-state index in [1.165, 1.54) is 32.8 Å². The van der Waals surface area contributed by atoms with Crippen LogP contribution in [0, 0.1) is 0 Å². The van der Waals surface area contributed by atoms with E-state index in [-0.39, 0.29) is 23.7 Å². The zero-order chi connectivity index (χ0) is 23.1. The molecule has 2 N–H and O–H groups in total. The van der Waals surface area contributed by atoms with Crippen LogP contribution in [-0.4, -0.2) is 29.1 Å². The van der Waals surface area contributed by atoms with Gasteiger partial charge < -0.3 is 10.6 Å². The molecule has 0 aliphatic carbocycles. The van der Waals surface area contributed by atoms with Crippen LogP contribution in [0.5, 0.6) is 0 Å². The van der Waals surface area contributed by atoms with E-state index >= 15 is 0 Å². The quantitative estimate of drug-likeness (QED) is 0.439. The lowest BCUT2D eigenvalue weighted by molar-refractivity contribution is 0.486. The average Bonchev–Trinajstić information content (AvgIpc) is 3.37. The van der Waals surface area contributed by atoms with Crippen molar-refractivity contribution in [3.63, 3.8) is 0 Å². The van der Waals surface area contributed by atoms with E-state index in [2.05, 4.69) is 44.4 Å². The highest BCUT2D eigenvalue weighted by atomic mass is 16.1. The van der Waals surface area contributed by atoms with Crippen molar-refractivity contribution in [1.82, 2.24) is 34.4 Å². The van der Waals surface area contributed by atoms with Crippen molar-refractivity contribution in [2.45, 2.75) is 39.5 Å². The Morgan fingerprint density at radius 2 is 2.00 bits per heavy atom. The highest BCUT2D eigenvalue weighted by Gasteiger charge is 2.19. The number of hydrogen-bond donors (Lipinski definition) is 2. The third-order valence-electron chi connectivity index (χ3n) is 5.59. The van der Waals surface area contributed by atoms with Crippen molar-refractivity contribution in [3.8, 4) is 5.82 Å². The minimum absolute atomic E-state index is 0.139. The van der Waals surface area contributed by atoms with Crippen molar-refractivity contribution in [3.05, 3.63) is 81.0 Å². The first-order valence-electron chi connectivity index (χ1n) is 10.8. The van der Waals surface area contributed by atoms with E-state index in [1.807, 2.05) is 19.9 Å². The molecule has 0 spiro atoms. The number of nitrogens with zero attached hydrogens (tertiary/aromatic N) is 6. The van der Waals surface area contributed by atoms with Crippen LogP contribution in [0.2, 0.25) is 0 Å². The van der Waals surface area contributed by atoms with Crippen LogP contribution in [0.25, 0.3) is 16.9 Å². The summed E-state index contributed by atoms with van der Waals surface area (Å²) in [4.78, 5) is 34.3. The van der Waals surface area contributed by atoms with Crippen LogP contribution in [0.1, 0.15) is 31.0 Å². The van der Waals surface area contributed by atoms with Gasteiger partial charge in [-0.05, 0) is 43.2 Å². The summed E-state index contributed by atoms with van der Waals surface area (Å²) in [6.07, 6.45) is 3.14. The Morgan fingerprint density at radius 3 is 2.79 bits per heavy atom. The molecule has 1 aliphatic rings. The first-order chi connectivity index (χ1) is 16.0. The van der Waals surface area contributed by atoms with Gasteiger partial charge in [-0.1, -0.05) is 12.1 Å². The molecule has 0 fully saturated rings. The normalized spacial score (nSPS) is 12.9. The second-order valence-corrected chi connectivity index (χ2v) is 8.20. The molecule has 33 heavy (non-hydrogen) atoms. The van der Waals surface area contributed by atoms with Gasteiger partial charge in [-0.15, -0.1) is 11.7 Å². The van der Waals surface area contributed by atoms with Crippen molar-refractivity contribution in [2.24, 2.45) is 0 Å². The Labute approximate surface area is 189 Å². The highest BCUT2D eigenvalue weighted by Crippen LogP contribution is 2.23. The van der Waals surface area contributed by atoms with E-state index in [0.717, 1.165) is 18.8 Å². The van der Waals surface area contributed by atoms with Crippen molar-refractivity contribution in [1.29, 1.82) is 0 Å². The topological polar surface area (TPSA) is 112 Å². The number of benzene rings is 1. The summed E-state index contributed by atoms with van der Waals surface area (Å²) in [5.74, 6) is 0.764. The molecule has 0 radical (unpaired) electrons. The largest absolute Gasteiger partial charge is 0.324 e. The van der Waals surface area contributed by atoms with Gasteiger partial charge in [0.05, 0.1) is 12.6 Å². The van der Waals surface area contributed by atoms with Crippen LogP contribution < -0.4 is 21.8 Å². The molecule has 3 aromatic heterocycles. The molecular weight excluding hydrogens is 420 g/mol. The molecule has 0 saturated carbocycles. The zero-order valence-corrected chi connectivity index (χ0v) is 18.4. The van der Waals surface area contributed by atoms with Gasteiger partial charge in [0, 0.05) is 31.0 Å². The molecule has 10 heteroatoms. The Hall–Kier alpha value is -4.05. The summed E-state index contributed by atoms with van der Waals surface area (Å²) in [7, 11) is 0. The van der Waals surface area contributed by atoms with Gasteiger partial charge in [-0.2, -0.15) is 4.98 Å². The predicted molar refractivity (Wildman–Crippen MR) is 126 cm³/mol.